The molecule has 0 saturated carbocycles. The smallest absolute Gasteiger partial charge is 0.246 e. The van der Waals surface area contributed by atoms with Crippen molar-refractivity contribution in [3.63, 3.8) is 0 Å². The highest BCUT2D eigenvalue weighted by Crippen LogP contribution is 2.38. The molecule has 1 aromatic rings. The fraction of sp³-hybridized carbons (Fsp3) is 0.538. The molecule has 1 aliphatic rings. The van der Waals surface area contributed by atoms with Crippen LogP contribution in [-0.4, -0.2) is 45.1 Å². The van der Waals surface area contributed by atoms with Crippen molar-refractivity contribution >= 4 is 33.2 Å². The highest BCUT2D eigenvalue weighted by molar-refractivity contribution is 7.89. The van der Waals surface area contributed by atoms with Gasteiger partial charge in [0.2, 0.25) is 10.0 Å². The van der Waals surface area contributed by atoms with Crippen LogP contribution in [0.4, 0.5) is 0 Å². The van der Waals surface area contributed by atoms with Gasteiger partial charge in [0.05, 0.1) is 24.3 Å². The van der Waals surface area contributed by atoms with Gasteiger partial charge in [0.25, 0.3) is 0 Å². The number of hydrogen-bond donors (Lipinski definition) is 0. The Kier molecular flexibility index (Phi) is 5.05. The van der Waals surface area contributed by atoms with E-state index >= 15 is 0 Å². The van der Waals surface area contributed by atoms with Crippen molar-refractivity contribution in [2.45, 2.75) is 31.0 Å². The lowest BCUT2D eigenvalue weighted by Crippen LogP contribution is -2.48. The standard InChI is InChI=1S/C13H17Cl2NO4S/c1-8-6-16(7-9(2)20-8)21(17,18)11-5-4-10(14)12(15)13(11)19-3/h4-5,8-9H,6-7H2,1-3H3/t8-,9-/m0/s1. The number of hydrogen-bond acceptors (Lipinski definition) is 4. The summed E-state index contributed by atoms with van der Waals surface area (Å²) in [6.07, 6.45) is -0.338. The Morgan fingerprint density at radius 3 is 2.33 bits per heavy atom. The van der Waals surface area contributed by atoms with E-state index in [1.165, 1.54) is 23.5 Å². The first-order valence-corrected chi connectivity index (χ1v) is 8.64. The molecule has 0 unspecified atom stereocenters. The summed E-state index contributed by atoms with van der Waals surface area (Å²) < 4.78 is 37.7. The number of rotatable bonds is 3. The molecule has 0 N–H and O–H groups in total. The number of halogens is 2. The second kappa shape index (κ2) is 6.30. The molecule has 118 valence electrons. The average molecular weight is 354 g/mol. The van der Waals surface area contributed by atoms with Gasteiger partial charge in [-0.1, -0.05) is 23.2 Å². The van der Waals surface area contributed by atoms with Gasteiger partial charge < -0.3 is 9.47 Å². The highest BCUT2D eigenvalue weighted by atomic mass is 35.5. The summed E-state index contributed by atoms with van der Waals surface area (Å²) in [5.41, 5.74) is 0. The lowest BCUT2D eigenvalue weighted by atomic mass is 10.3. The highest BCUT2D eigenvalue weighted by Gasteiger charge is 2.34. The third-order valence-corrected chi connectivity index (χ3v) is 5.86. The zero-order chi connectivity index (χ0) is 15.8. The van der Waals surface area contributed by atoms with Crippen LogP contribution in [0.5, 0.6) is 5.75 Å². The van der Waals surface area contributed by atoms with Crippen LogP contribution < -0.4 is 4.74 Å². The van der Waals surface area contributed by atoms with Crippen LogP contribution in [0.1, 0.15) is 13.8 Å². The van der Waals surface area contributed by atoms with Crippen molar-refractivity contribution < 1.29 is 17.9 Å². The molecule has 1 saturated heterocycles. The monoisotopic (exact) mass is 353 g/mol. The SMILES string of the molecule is COc1c(S(=O)(=O)N2C[C@H](C)O[C@@H](C)C2)ccc(Cl)c1Cl. The molecule has 1 fully saturated rings. The maximum absolute atomic E-state index is 12.8. The Labute approximate surface area is 134 Å². The van der Waals surface area contributed by atoms with Crippen molar-refractivity contribution in [1.82, 2.24) is 4.31 Å². The van der Waals surface area contributed by atoms with E-state index < -0.39 is 10.0 Å². The first-order valence-electron chi connectivity index (χ1n) is 6.45. The van der Waals surface area contributed by atoms with Gasteiger partial charge in [0, 0.05) is 13.1 Å². The topological polar surface area (TPSA) is 55.8 Å². The molecule has 1 aliphatic heterocycles. The van der Waals surface area contributed by atoms with Gasteiger partial charge in [0.1, 0.15) is 9.92 Å². The van der Waals surface area contributed by atoms with E-state index in [1.807, 2.05) is 13.8 Å². The van der Waals surface area contributed by atoms with Crippen molar-refractivity contribution in [1.29, 1.82) is 0 Å². The van der Waals surface area contributed by atoms with Crippen LogP contribution in [0, 0.1) is 0 Å². The molecule has 0 radical (unpaired) electrons. The molecule has 5 nitrogen and oxygen atoms in total. The van der Waals surface area contributed by atoms with Crippen LogP contribution in [0.2, 0.25) is 10.0 Å². The van der Waals surface area contributed by atoms with Crippen LogP contribution in [0.25, 0.3) is 0 Å². The number of sulfonamides is 1. The minimum Gasteiger partial charge on any atom is -0.494 e. The number of ether oxygens (including phenoxy) is 2. The molecule has 0 spiro atoms. The summed E-state index contributed by atoms with van der Waals surface area (Å²) in [6, 6.07) is 2.86. The van der Waals surface area contributed by atoms with Gasteiger partial charge in [-0.25, -0.2) is 8.42 Å². The van der Waals surface area contributed by atoms with Crippen LogP contribution in [0.15, 0.2) is 17.0 Å². The van der Waals surface area contributed by atoms with Gasteiger partial charge in [-0.05, 0) is 26.0 Å². The molecular formula is C13H17Cl2NO4S. The second-order valence-corrected chi connectivity index (χ2v) is 7.66. The third kappa shape index (κ3) is 3.29. The predicted molar refractivity (Wildman–Crippen MR) is 81.8 cm³/mol. The van der Waals surface area contributed by atoms with E-state index in [1.54, 1.807) is 0 Å². The maximum atomic E-state index is 12.8. The van der Waals surface area contributed by atoms with Gasteiger partial charge >= 0.3 is 0 Å². The van der Waals surface area contributed by atoms with Gasteiger partial charge in [0.15, 0.2) is 5.75 Å². The second-order valence-electron chi connectivity index (χ2n) is 4.97. The number of benzene rings is 1. The largest absolute Gasteiger partial charge is 0.494 e. The average Bonchev–Trinajstić information content (AvgIpc) is 2.40. The predicted octanol–water partition coefficient (Wildman–Crippen LogP) is 2.80. The summed E-state index contributed by atoms with van der Waals surface area (Å²) in [7, 11) is -2.36. The van der Waals surface area contributed by atoms with E-state index in [9.17, 15) is 8.42 Å². The van der Waals surface area contributed by atoms with E-state index in [0.717, 1.165) is 0 Å². The number of nitrogens with zero attached hydrogens (tertiary/aromatic N) is 1. The number of methoxy groups -OCH3 is 1. The fourth-order valence-corrected chi connectivity index (χ4v) is 4.57. The van der Waals surface area contributed by atoms with Crippen LogP contribution >= 0.6 is 23.2 Å². The Bertz CT molecular complexity index is 625. The molecule has 0 amide bonds. The zero-order valence-corrected chi connectivity index (χ0v) is 14.3. The van der Waals surface area contributed by atoms with Crippen molar-refractivity contribution in [2.24, 2.45) is 0 Å². The van der Waals surface area contributed by atoms with Crippen molar-refractivity contribution in [3.8, 4) is 5.75 Å². The van der Waals surface area contributed by atoms with Gasteiger partial charge in [-0.15, -0.1) is 0 Å². The third-order valence-electron chi connectivity index (χ3n) is 3.22. The number of morpholine rings is 1. The minimum atomic E-state index is -3.72. The molecule has 1 heterocycles. The summed E-state index contributed by atoms with van der Waals surface area (Å²) in [4.78, 5) is 0.0145. The zero-order valence-electron chi connectivity index (χ0n) is 12.0. The normalized spacial score (nSPS) is 24.0. The summed E-state index contributed by atoms with van der Waals surface area (Å²) >= 11 is 11.9. The summed E-state index contributed by atoms with van der Waals surface area (Å²) in [5, 5.41) is 0.339. The molecule has 21 heavy (non-hydrogen) atoms. The van der Waals surface area contributed by atoms with Crippen LogP contribution in [-0.2, 0) is 14.8 Å². The molecular weight excluding hydrogens is 337 g/mol. The molecule has 1 aromatic carbocycles. The van der Waals surface area contributed by atoms with Crippen molar-refractivity contribution in [2.75, 3.05) is 20.2 Å². The van der Waals surface area contributed by atoms with E-state index in [0.29, 0.717) is 0 Å². The lowest BCUT2D eigenvalue weighted by Gasteiger charge is -2.34. The Morgan fingerprint density at radius 1 is 1.24 bits per heavy atom. The molecule has 2 atom stereocenters. The molecule has 0 aromatic heterocycles. The first-order chi connectivity index (χ1) is 9.77. The molecule has 0 aliphatic carbocycles. The van der Waals surface area contributed by atoms with Crippen LogP contribution in [0.3, 0.4) is 0 Å². The molecule has 0 bridgehead atoms. The van der Waals surface area contributed by atoms with E-state index in [-0.39, 0.29) is 46.0 Å². The maximum Gasteiger partial charge on any atom is 0.246 e. The van der Waals surface area contributed by atoms with E-state index in [4.69, 9.17) is 32.7 Å². The molecule has 8 heteroatoms. The Balaban J connectivity index is 2.47. The fourth-order valence-electron chi connectivity index (χ4n) is 2.37. The first kappa shape index (κ1) is 16.8. The minimum absolute atomic E-state index is 0.0145. The van der Waals surface area contributed by atoms with E-state index in [2.05, 4.69) is 0 Å². The Morgan fingerprint density at radius 2 is 1.81 bits per heavy atom. The quantitative estimate of drug-likeness (QED) is 0.838. The van der Waals surface area contributed by atoms with Gasteiger partial charge in [-0.2, -0.15) is 4.31 Å². The van der Waals surface area contributed by atoms with Gasteiger partial charge in [-0.3, -0.25) is 0 Å². The lowest BCUT2D eigenvalue weighted by molar-refractivity contribution is -0.0441. The summed E-state index contributed by atoms with van der Waals surface area (Å²) in [6.45, 7) is 4.25. The van der Waals surface area contributed by atoms with Crippen molar-refractivity contribution in [3.05, 3.63) is 22.2 Å². The Hall–Kier alpha value is -0.530. The summed E-state index contributed by atoms with van der Waals surface area (Å²) in [5.74, 6) is 0.0657. The molecule has 2 rings (SSSR count).